The predicted octanol–water partition coefficient (Wildman–Crippen LogP) is 2.58. The number of nitrogens with one attached hydrogen (secondary N) is 2. The summed E-state index contributed by atoms with van der Waals surface area (Å²) in [4.78, 5) is 35.1. The Bertz CT molecular complexity index is 1400. The molecular weight excluding hydrogens is 439 g/mol. The van der Waals surface area contributed by atoms with E-state index in [4.69, 9.17) is 28.2 Å². The second kappa shape index (κ2) is 7.88. The summed E-state index contributed by atoms with van der Waals surface area (Å²) >= 11 is 12.7. The number of H-pyrrole nitrogens is 1. The van der Waals surface area contributed by atoms with Gasteiger partial charge in [-0.1, -0.05) is 41.4 Å². The van der Waals surface area contributed by atoms with Gasteiger partial charge in [0, 0.05) is 31.2 Å². The van der Waals surface area contributed by atoms with Gasteiger partial charge in [-0.05, 0) is 30.3 Å². The van der Waals surface area contributed by atoms with Crippen LogP contribution in [-0.4, -0.2) is 45.3 Å². The fourth-order valence-corrected chi connectivity index (χ4v) is 4.26. The average molecular weight is 457 g/mol. The van der Waals surface area contributed by atoms with E-state index in [9.17, 15) is 9.59 Å². The van der Waals surface area contributed by atoms with Crippen molar-refractivity contribution in [1.29, 1.82) is 0 Å². The van der Waals surface area contributed by atoms with Crippen LogP contribution >= 0.6 is 23.2 Å². The molecule has 4 aromatic rings. The number of para-hydroxylation sites is 1. The van der Waals surface area contributed by atoms with Gasteiger partial charge in [0.05, 0.1) is 16.4 Å². The van der Waals surface area contributed by atoms with Crippen LogP contribution in [0.1, 0.15) is 0 Å². The van der Waals surface area contributed by atoms with Crippen LogP contribution < -0.4 is 21.5 Å². The predicted molar refractivity (Wildman–Crippen MR) is 122 cm³/mol. The van der Waals surface area contributed by atoms with Gasteiger partial charge in [0.1, 0.15) is 0 Å². The summed E-state index contributed by atoms with van der Waals surface area (Å²) in [6.45, 7) is 2.96. The maximum Gasteiger partial charge on any atom is 0.334 e. The summed E-state index contributed by atoms with van der Waals surface area (Å²) < 4.78 is 3.09. The minimum Gasteiger partial charge on any atom is -0.339 e. The zero-order chi connectivity index (χ0) is 21.5. The molecular formula is C21H18Cl2N6O2. The summed E-state index contributed by atoms with van der Waals surface area (Å²) in [5.74, 6) is 0.552. The molecule has 2 aromatic heterocycles. The molecule has 5 rings (SSSR count). The van der Waals surface area contributed by atoms with E-state index in [-0.39, 0.29) is 11.2 Å². The standard InChI is InChI=1S/C21H18Cl2N6O2/c22-13-4-3-5-14(12-13)28-18-17(19(30)26-21(28)31)29(16-7-2-1-6-15(16)23)20(25-18)27-10-8-24-9-11-27/h1-7,12,24H,8-11H2,(H,26,30,31). The number of piperazine rings is 1. The highest BCUT2D eigenvalue weighted by atomic mass is 35.5. The van der Waals surface area contributed by atoms with Gasteiger partial charge in [0.25, 0.3) is 5.56 Å². The van der Waals surface area contributed by atoms with E-state index in [0.29, 0.717) is 40.5 Å². The quantitative estimate of drug-likeness (QED) is 0.494. The van der Waals surface area contributed by atoms with Crippen molar-refractivity contribution in [2.24, 2.45) is 0 Å². The van der Waals surface area contributed by atoms with E-state index < -0.39 is 11.2 Å². The third-order valence-corrected chi connectivity index (χ3v) is 5.81. The van der Waals surface area contributed by atoms with Crippen LogP contribution in [0, 0.1) is 0 Å². The number of hydrogen-bond acceptors (Lipinski definition) is 5. The van der Waals surface area contributed by atoms with Crippen LogP contribution in [-0.2, 0) is 0 Å². The molecule has 0 spiro atoms. The normalized spacial score (nSPS) is 14.3. The topological polar surface area (TPSA) is 87.9 Å². The molecule has 0 saturated carbocycles. The van der Waals surface area contributed by atoms with E-state index in [1.54, 1.807) is 34.9 Å². The van der Waals surface area contributed by atoms with E-state index >= 15 is 0 Å². The van der Waals surface area contributed by atoms with Gasteiger partial charge in [-0.15, -0.1) is 0 Å². The van der Waals surface area contributed by atoms with Gasteiger partial charge in [-0.2, -0.15) is 4.98 Å². The number of aromatic amines is 1. The molecule has 1 aliphatic rings. The lowest BCUT2D eigenvalue weighted by Crippen LogP contribution is -2.44. The Morgan fingerprint density at radius 3 is 2.45 bits per heavy atom. The van der Waals surface area contributed by atoms with Gasteiger partial charge in [-0.3, -0.25) is 14.3 Å². The van der Waals surface area contributed by atoms with Gasteiger partial charge in [0.2, 0.25) is 5.95 Å². The summed E-state index contributed by atoms with van der Waals surface area (Å²) in [5, 5.41) is 4.25. The van der Waals surface area contributed by atoms with Crippen LogP contribution in [0.2, 0.25) is 10.0 Å². The summed E-state index contributed by atoms with van der Waals surface area (Å²) in [7, 11) is 0. The third-order valence-electron chi connectivity index (χ3n) is 5.25. The lowest BCUT2D eigenvalue weighted by atomic mass is 10.3. The smallest absolute Gasteiger partial charge is 0.334 e. The first kappa shape index (κ1) is 19.9. The Morgan fingerprint density at radius 1 is 0.935 bits per heavy atom. The fraction of sp³-hybridized carbons (Fsp3) is 0.190. The Morgan fingerprint density at radius 2 is 1.71 bits per heavy atom. The highest BCUT2D eigenvalue weighted by Crippen LogP contribution is 2.30. The highest BCUT2D eigenvalue weighted by molar-refractivity contribution is 6.32. The third kappa shape index (κ3) is 3.42. The van der Waals surface area contributed by atoms with E-state index in [0.717, 1.165) is 13.1 Å². The van der Waals surface area contributed by atoms with Crippen LogP contribution in [0.4, 0.5) is 5.95 Å². The van der Waals surface area contributed by atoms with Crippen molar-refractivity contribution >= 4 is 40.3 Å². The largest absolute Gasteiger partial charge is 0.339 e. The number of halogens is 2. The second-order valence-electron chi connectivity index (χ2n) is 7.18. The Hall–Kier alpha value is -3.07. The van der Waals surface area contributed by atoms with Crippen molar-refractivity contribution in [3.05, 3.63) is 79.4 Å². The van der Waals surface area contributed by atoms with Gasteiger partial charge < -0.3 is 10.2 Å². The van der Waals surface area contributed by atoms with E-state index in [1.807, 2.05) is 18.2 Å². The Balaban J connectivity index is 1.90. The zero-order valence-corrected chi connectivity index (χ0v) is 17.8. The molecule has 0 bridgehead atoms. The van der Waals surface area contributed by atoms with Crippen molar-refractivity contribution < 1.29 is 0 Å². The van der Waals surface area contributed by atoms with Crippen LogP contribution in [0.5, 0.6) is 0 Å². The number of nitrogens with zero attached hydrogens (tertiary/aromatic N) is 4. The summed E-state index contributed by atoms with van der Waals surface area (Å²) in [6, 6.07) is 14.1. The molecule has 1 aliphatic heterocycles. The lowest BCUT2D eigenvalue weighted by molar-refractivity contribution is 0.578. The molecule has 0 unspecified atom stereocenters. The fourth-order valence-electron chi connectivity index (χ4n) is 3.86. The molecule has 0 atom stereocenters. The second-order valence-corrected chi connectivity index (χ2v) is 8.03. The number of anilines is 1. The first-order chi connectivity index (χ1) is 15.0. The number of imidazole rings is 1. The molecule has 1 saturated heterocycles. The van der Waals surface area contributed by atoms with Gasteiger partial charge in [-0.25, -0.2) is 9.36 Å². The number of rotatable bonds is 3. The summed E-state index contributed by atoms with van der Waals surface area (Å²) in [5.41, 5.74) is 0.476. The first-order valence-corrected chi connectivity index (χ1v) is 10.5. The molecule has 8 nitrogen and oxygen atoms in total. The Kier molecular flexibility index (Phi) is 5.05. The molecule has 1 fully saturated rings. The minimum absolute atomic E-state index is 0.237. The number of fused-ring (bicyclic) bond motifs is 1. The molecule has 2 aromatic carbocycles. The molecule has 10 heteroatoms. The van der Waals surface area contributed by atoms with Crippen molar-refractivity contribution in [2.75, 3.05) is 31.1 Å². The van der Waals surface area contributed by atoms with E-state index in [2.05, 4.69) is 15.2 Å². The Labute approximate surface area is 186 Å². The minimum atomic E-state index is -0.588. The highest BCUT2D eigenvalue weighted by Gasteiger charge is 2.25. The van der Waals surface area contributed by atoms with Crippen molar-refractivity contribution in [1.82, 2.24) is 24.4 Å². The van der Waals surface area contributed by atoms with Crippen molar-refractivity contribution in [2.45, 2.75) is 0 Å². The molecule has 31 heavy (non-hydrogen) atoms. The monoisotopic (exact) mass is 456 g/mol. The molecule has 3 heterocycles. The molecule has 0 amide bonds. The number of hydrogen-bond donors (Lipinski definition) is 2. The molecule has 158 valence electrons. The molecule has 0 radical (unpaired) electrons. The van der Waals surface area contributed by atoms with Gasteiger partial charge >= 0.3 is 5.69 Å². The van der Waals surface area contributed by atoms with Crippen molar-refractivity contribution in [3.8, 4) is 11.4 Å². The lowest BCUT2D eigenvalue weighted by Gasteiger charge is -2.28. The molecule has 0 aliphatic carbocycles. The van der Waals surface area contributed by atoms with Crippen molar-refractivity contribution in [3.63, 3.8) is 0 Å². The molecule has 2 N–H and O–H groups in total. The SMILES string of the molecule is O=c1[nH]c(=O)n(-c2cccc(Cl)c2)c2nc(N3CCNCC3)n(-c3ccccc3Cl)c12. The summed E-state index contributed by atoms with van der Waals surface area (Å²) in [6.07, 6.45) is 0. The zero-order valence-electron chi connectivity index (χ0n) is 16.3. The maximum absolute atomic E-state index is 13.0. The van der Waals surface area contributed by atoms with Gasteiger partial charge in [0.15, 0.2) is 11.2 Å². The first-order valence-electron chi connectivity index (χ1n) is 9.79. The number of aromatic nitrogens is 4. The van der Waals surface area contributed by atoms with E-state index in [1.165, 1.54) is 4.57 Å². The van der Waals surface area contributed by atoms with Crippen LogP contribution in [0.3, 0.4) is 0 Å². The average Bonchev–Trinajstić information content (AvgIpc) is 3.15. The maximum atomic E-state index is 13.0. The number of benzene rings is 2. The van der Waals surface area contributed by atoms with Crippen LogP contribution in [0.25, 0.3) is 22.5 Å². The van der Waals surface area contributed by atoms with Crippen LogP contribution in [0.15, 0.2) is 58.1 Å².